The molecule has 64 valence electrons. The number of rotatable bonds is 4. The van der Waals surface area contributed by atoms with Crippen LogP contribution in [0.5, 0.6) is 0 Å². The fourth-order valence-electron chi connectivity index (χ4n) is 0.987. The maximum atomic E-state index is 8.12. The van der Waals surface area contributed by atoms with E-state index in [0.717, 1.165) is 11.5 Å². The molecular weight excluding hydrogens is 176 g/mol. The van der Waals surface area contributed by atoms with Gasteiger partial charge in [0.1, 0.15) is 0 Å². The van der Waals surface area contributed by atoms with E-state index in [-0.39, 0.29) is 5.41 Å². The lowest BCUT2D eigenvalue weighted by molar-refractivity contribution is 0.386. The summed E-state index contributed by atoms with van der Waals surface area (Å²) in [5, 5.41) is 7.01. The highest BCUT2D eigenvalue weighted by molar-refractivity contribution is 8.00. The highest BCUT2D eigenvalue weighted by Crippen LogP contribution is 2.38. The Labute approximate surface area is 73.6 Å². The smallest absolute Gasteiger partial charge is 0.0331 e. The molecule has 1 aliphatic heterocycles. The molecule has 0 aromatic heterocycles. The summed E-state index contributed by atoms with van der Waals surface area (Å²) in [6.07, 6.45) is 0. The highest BCUT2D eigenvalue weighted by Gasteiger charge is 2.36. The molecule has 0 bridgehead atoms. The molecular formula is C5H8N6S. The van der Waals surface area contributed by atoms with Gasteiger partial charge >= 0.3 is 0 Å². The van der Waals surface area contributed by atoms with Crippen molar-refractivity contribution in [3.05, 3.63) is 20.9 Å². The van der Waals surface area contributed by atoms with Crippen LogP contribution < -0.4 is 0 Å². The third-order valence-electron chi connectivity index (χ3n) is 1.76. The zero-order valence-corrected chi connectivity index (χ0v) is 7.24. The summed E-state index contributed by atoms with van der Waals surface area (Å²) < 4.78 is 0. The molecule has 1 saturated heterocycles. The average molecular weight is 184 g/mol. The lowest BCUT2D eigenvalue weighted by Gasteiger charge is -2.38. The predicted octanol–water partition coefficient (Wildman–Crippen LogP) is 2.34. The van der Waals surface area contributed by atoms with Crippen LogP contribution in [-0.4, -0.2) is 24.6 Å². The largest absolute Gasteiger partial charge is 0.161 e. The van der Waals surface area contributed by atoms with E-state index in [1.165, 1.54) is 0 Å². The van der Waals surface area contributed by atoms with Crippen molar-refractivity contribution < 1.29 is 0 Å². The lowest BCUT2D eigenvalue weighted by atomic mass is 9.92. The van der Waals surface area contributed by atoms with Crippen molar-refractivity contribution in [2.24, 2.45) is 15.6 Å². The summed E-state index contributed by atoms with van der Waals surface area (Å²) in [5.41, 5.74) is 16.2. The number of azide groups is 2. The van der Waals surface area contributed by atoms with Crippen molar-refractivity contribution in [2.45, 2.75) is 0 Å². The normalized spacial score (nSPS) is 18.3. The van der Waals surface area contributed by atoms with Gasteiger partial charge in [-0.1, -0.05) is 10.2 Å². The quantitative estimate of drug-likeness (QED) is 0.374. The van der Waals surface area contributed by atoms with Gasteiger partial charge in [-0.15, -0.1) is 0 Å². The van der Waals surface area contributed by atoms with Crippen molar-refractivity contribution >= 4 is 11.8 Å². The molecule has 1 fully saturated rings. The van der Waals surface area contributed by atoms with Gasteiger partial charge in [0.2, 0.25) is 0 Å². The molecule has 0 radical (unpaired) electrons. The van der Waals surface area contributed by atoms with Crippen molar-refractivity contribution in [3.8, 4) is 0 Å². The first-order valence-corrected chi connectivity index (χ1v) is 4.58. The van der Waals surface area contributed by atoms with Gasteiger partial charge in [0.15, 0.2) is 0 Å². The standard InChI is InChI=1S/C5H8N6S/c6-10-8-1-5(2-9-11-7)3-12-4-5/h1-4H2. The Morgan fingerprint density at radius 2 is 1.67 bits per heavy atom. The second kappa shape index (κ2) is 4.11. The maximum absolute atomic E-state index is 8.12. The molecule has 6 nitrogen and oxygen atoms in total. The van der Waals surface area contributed by atoms with Crippen LogP contribution in [0.15, 0.2) is 10.2 Å². The first kappa shape index (κ1) is 9.06. The predicted molar refractivity (Wildman–Crippen MR) is 47.8 cm³/mol. The number of hydrogen-bond acceptors (Lipinski definition) is 3. The first-order valence-electron chi connectivity index (χ1n) is 3.42. The fraction of sp³-hybridized carbons (Fsp3) is 1.00. The zero-order valence-electron chi connectivity index (χ0n) is 6.42. The minimum absolute atomic E-state index is 0.0525. The molecule has 1 heterocycles. The van der Waals surface area contributed by atoms with Crippen molar-refractivity contribution in [2.75, 3.05) is 24.6 Å². The molecule has 12 heavy (non-hydrogen) atoms. The Morgan fingerprint density at radius 3 is 1.92 bits per heavy atom. The summed E-state index contributed by atoms with van der Waals surface area (Å²) >= 11 is 1.78. The van der Waals surface area contributed by atoms with Crippen LogP contribution in [0.1, 0.15) is 0 Å². The van der Waals surface area contributed by atoms with Crippen molar-refractivity contribution in [1.29, 1.82) is 0 Å². The van der Waals surface area contributed by atoms with E-state index in [2.05, 4.69) is 20.1 Å². The summed E-state index contributed by atoms with van der Waals surface area (Å²) in [4.78, 5) is 5.38. The van der Waals surface area contributed by atoms with E-state index in [0.29, 0.717) is 13.1 Å². The van der Waals surface area contributed by atoms with Crippen LogP contribution in [-0.2, 0) is 0 Å². The second-order valence-electron chi connectivity index (χ2n) is 2.77. The molecule has 1 aliphatic rings. The SMILES string of the molecule is [N-]=[N+]=NCC1(CN=[N+]=[N-])CSC1. The molecule has 0 unspecified atom stereocenters. The monoisotopic (exact) mass is 184 g/mol. The van der Waals surface area contributed by atoms with E-state index in [9.17, 15) is 0 Å². The molecule has 0 aromatic rings. The molecule has 0 saturated carbocycles. The van der Waals surface area contributed by atoms with Gasteiger partial charge in [0.05, 0.1) is 0 Å². The van der Waals surface area contributed by atoms with Gasteiger partial charge in [-0.3, -0.25) is 0 Å². The molecule has 0 N–H and O–H groups in total. The first-order chi connectivity index (χ1) is 5.83. The highest BCUT2D eigenvalue weighted by atomic mass is 32.2. The van der Waals surface area contributed by atoms with Crippen LogP contribution in [0.25, 0.3) is 20.9 Å². The minimum atomic E-state index is -0.0525. The van der Waals surface area contributed by atoms with E-state index in [1.807, 2.05) is 0 Å². The molecule has 0 amide bonds. The Bertz CT molecular complexity index is 225. The third kappa shape index (κ3) is 1.98. The summed E-state index contributed by atoms with van der Waals surface area (Å²) in [5.74, 6) is 1.84. The third-order valence-corrected chi connectivity index (χ3v) is 3.39. The fourth-order valence-corrected chi connectivity index (χ4v) is 2.13. The Kier molecular flexibility index (Phi) is 3.10. The van der Waals surface area contributed by atoms with E-state index < -0.39 is 0 Å². The molecule has 0 aliphatic carbocycles. The van der Waals surface area contributed by atoms with Crippen LogP contribution in [0.4, 0.5) is 0 Å². The van der Waals surface area contributed by atoms with Crippen molar-refractivity contribution in [3.63, 3.8) is 0 Å². The van der Waals surface area contributed by atoms with Crippen LogP contribution in [0.2, 0.25) is 0 Å². The van der Waals surface area contributed by atoms with E-state index in [1.54, 1.807) is 11.8 Å². The lowest BCUT2D eigenvalue weighted by Crippen LogP contribution is -2.41. The van der Waals surface area contributed by atoms with Gasteiger partial charge in [-0.05, 0) is 28.0 Å². The molecule has 1 rings (SSSR count). The Hall–Kier alpha value is -1.03. The molecule has 0 atom stereocenters. The summed E-state index contributed by atoms with van der Waals surface area (Å²) in [6.45, 7) is 0.880. The van der Waals surface area contributed by atoms with Gasteiger partial charge in [0, 0.05) is 22.9 Å². The van der Waals surface area contributed by atoms with E-state index >= 15 is 0 Å². The summed E-state index contributed by atoms with van der Waals surface area (Å²) in [6, 6.07) is 0. The van der Waals surface area contributed by atoms with Gasteiger partial charge in [-0.25, -0.2) is 0 Å². The van der Waals surface area contributed by atoms with Crippen LogP contribution in [0, 0.1) is 5.41 Å². The van der Waals surface area contributed by atoms with E-state index in [4.69, 9.17) is 11.1 Å². The number of hydrogen-bond donors (Lipinski definition) is 0. The van der Waals surface area contributed by atoms with Crippen LogP contribution in [0.3, 0.4) is 0 Å². The Morgan fingerprint density at radius 1 is 1.17 bits per heavy atom. The molecule has 0 aromatic carbocycles. The second-order valence-corrected chi connectivity index (χ2v) is 3.76. The molecule has 7 heteroatoms. The minimum Gasteiger partial charge on any atom is -0.161 e. The van der Waals surface area contributed by atoms with Gasteiger partial charge in [-0.2, -0.15) is 11.8 Å². The Balaban J connectivity index is 2.49. The van der Waals surface area contributed by atoms with Crippen molar-refractivity contribution in [1.82, 2.24) is 0 Å². The average Bonchev–Trinajstić information content (AvgIpc) is 2.02. The zero-order chi connectivity index (χ0) is 8.86. The maximum Gasteiger partial charge on any atom is 0.0331 e. The topological polar surface area (TPSA) is 97.5 Å². The molecule has 0 spiro atoms. The van der Waals surface area contributed by atoms with Gasteiger partial charge < -0.3 is 0 Å². The van der Waals surface area contributed by atoms with Gasteiger partial charge in [0.25, 0.3) is 0 Å². The summed E-state index contributed by atoms with van der Waals surface area (Å²) in [7, 11) is 0. The van der Waals surface area contributed by atoms with Crippen LogP contribution >= 0.6 is 11.8 Å². The number of thioether (sulfide) groups is 1. The number of nitrogens with zero attached hydrogens (tertiary/aromatic N) is 6.